The monoisotopic (exact) mass is 311 g/mol. The Morgan fingerprint density at radius 2 is 2.11 bits per heavy atom. The standard InChI is InChI=1S/C12H14BrN3O2/c1-17-6-7-3-11(18-2)9(13)4-8(7)10-5-12(14)16-15-10/h3-5H,6H2,1-2H3,(H3,14,15,16). The van der Waals surface area contributed by atoms with Crippen molar-refractivity contribution in [3.8, 4) is 17.0 Å². The number of aromatic amines is 1. The van der Waals surface area contributed by atoms with Crippen molar-refractivity contribution in [1.82, 2.24) is 10.2 Å². The number of H-pyrrole nitrogens is 1. The summed E-state index contributed by atoms with van der Waals surface area (Å²) in [6.07, 6.45) is 0. The molecule has 3 N–H and O–H groups in total. The molecule has 6 heteroatoms. The predicted molar refractivity (Wildman–Crippen MR) is 73.4 cm³/mol. The molecule has 0 spiro atoms. The summed E-state index contributed by atoms with van der Waals surface area (Å²) in [5.74, 6) is 1.22. The van der Waals surface area contributed by atoms with Gasteiger partial charge < -0.3 is 15.2 Å². The summed E-state index contributed by atoms with van der Waals surface area (Å²) < 4.78 is 11.3. The molecule has 0 bridgehead atoms. The number of methoxy groups -OCH3 is 2. The smallest absolute Gasteiger partial charge is 0.145 e. The Morgan fingerprint density at radius 1 is 1.33 bits per heavy atom. The molecular formula is C12H14BrN3O2. The van der Waals surface area contributed by atoms with Crippen molar-refractivity contribution in [3.05, 3.63) is 28.2 Å². The lowest BCUT2D eigenvalue weighted by atomic mass is 10.0. The lowest BCUT2D eigenvalue weighted by Gasteiger charge is -2.11. The van der Waals surface area contributed by atoms with E-state index in [0.717, 1.165) is 27.0 Å². The van der Waals surface area contributed by atoms with E-state index in [4.69, 9.17) is 15.2 Å². The number of anilines is 1. The van der Waals surface area contributed by atoms with E-state index in [1.54, 1.807) is 20.3 Å². The summed E-state index contributed by atoms with van der Waals surface area (Å²) in [5, 5.41) is 6.82. The summed E-state index contributed by atoms with van der Waals surface area (Å²) in [6.45, 7) is 0.484. The second-order valence-electron chi connectivity index (χ2n) is 3.78. The Kier molecular flexibility index (Phi) is 3.88. The number of hydrogen-bond donors (Lipinski definition) is 2. The van der Waals surface area contributed by atoms with Crippen molar-refractivity contribution >= 4 is 21.7 Å². The van der Waals surface area contributed by atoms with Gasteiger partial charge in [-0.15, -0.1) is 0 Å². The highest BCUT2D eigenvalue weighted by Crippen LogP contribution is 2.34. The molecule has 5 nitrogen and oxygen atoms in total. The summed E-state index contributed by atoms with van der Waals surface area (Å²) in [6, 6.07) is 5.67. The SMILES string of the molecule is COCc1cc(OC)c(Br)cc1-c1cc(N)n[nH]1. The molecule has 0 unspecified atom stereocenters. The van der Waals surface area contributed by atoms with E-state index in [0.29, 0.717) is 12.4 Å². The van der Waals surface area contributed by atoms with Gasteiger partial charge in [0.15, 0.2) is 0 Å². The van der Waals surface area contributed by atoms with Gasteiger partial charge in [0.05, 0.1) is 23.9 Å². The number of ether oxygens (including phenoxy) is 2. The molecule has 0 aliphatic carbocycles. The van der Waals surface area contributed by atoms with Crippen LogP contribution in [0.2, 0.25) is 0 Å². The lowest BCUT2D eigenvalue weighted by Crippen LogP contribution is -1.95. The Morgan fingerprint density at radius 3 is 2.67 bits per heavy atom. The largest absolute Gasteiger partial charge is 0.496 e. The minimum atomic E-state index is 0.459. The zero-order valence-electron chi connectivity index (χ0n) is 10.2. The molecule has 96 valence electrons. The van der Waals surface area contributed by atoms with Crippen LogP contribution in [-0.2, 0) is 11.3 Å². The van der Waals surface area contributed by atoms with E-state index >= 15 is 0 Å². The lowest BCUT2D eigenvalue weighted by molar-refractivity contribution is 0.185. The molecule has 0 saturated carbocycles. The normalized spacial score (nSPS) is 10.6. The fourth-order valence-electron chi connectivity index (χ4n) is 1.75. The van der Waals surface area contributed by atoms with Crippen molar-refractivity contribution in [2.45, 2.75) is 6.61 Å². The topological polar surface area (TPSA) is 73.2 Å². The van der Waals surface area contributed by atoms with Gasteiger partial charge in [-0.05, 0) is 33.6 Å². The second-order valence-corrected chi connectivity index (χ2v) is 4.64. The van der Waals surface area contributed by atoms with Crippen molar-refractivity contribution < 1.29 is 9.47 Å². The first-order valence-corrected chi connectivity index (χ1v) is 6.11. The van der Waals surface area contributed by atoms with Gasteiger partial charge >= 0.3 is 0 Å². The van der Waals surface area contributed by atoms with Gasteiger partial charge in [0, 0.05) is 18.7 Å². The summed E-state index contributed by atoms with van der Waals surface area (Å²) >= 11 is 3.47. The highest BCUT2D eigenvalue weighted by atomic mass is 79.9. The summed E-state index contributed by atoms with van der Waals surface area (Å²) in [5.41, 5.74) is 8.46. The van der Waals surface area contributed by atoms with E-state index in [1.807, 2.05) is 12.1 Å². The van der Waals surface area contributed by atoms with Crippen molar-refractivity contribution in [2.75, 3.05) is 20.0 Å². The number of nitrogens with two attached hydrogens (primary N) is 1. The first-order valence-electron chi connectivity index (χ1n) is 5.32. The third kappa shape index (κ3) is 2.49. The third-order valence-electron chi connectivity index (χ3n) is 2.57. The fourth-order valence-corrected chi connectivity index (χ4v) is 2.26. The van der Waals surface area contributed by atoms with E-state index in [1.165, 1.54) is 0 Å². The van der Waals surface area contributed by atoms with Crippen LogP contribution in [0.25, 0.3) is 11.3 Å². The van der Waals surface area contributed by atoms with Crippen LogP contribution >= 0.6 is 15.9 Å². The molecule has 0 atom stereocenters. The molecule has 0 fully saturated rings. The van der Waals surface area contributed by atoms with E-state index in [2.05, 4.69) is 26.1 Å². The van der Waals surface area contributed by atoms with E-state index in [-0.39, 0.29) is 0 Å². The minimum Gasteiger partial charge on any atom is -0.496 e. The van der Waals surface area contributed by atoms with Crippen LogP contribution in [0.4, 0.5) is 5.82 Å². The number of nitrogens with one attached hydrogen (secondary N) is 1. The van der Waals surface area contributed by atoms with E-state index in [9.17, 15) is 0 Å². The van der Waals surface area contributed by atoms with Gasteiger partial charge in [-0.2, -0.15) is 5.10 Å². The van der Waals surface area contributed by atoms with Crippen molar-refractivity contribution in [2.24, 2.45) is 0 Å². The maximum absolute atomic E-state index is 5.62. The minimum absolute atomic E-state index is 0.459. The van der Waals surface area contributed by atoms with Gasteiger partial charge in [-0.3, -0.25) is 5.10 Å². The Hall–Kier alpha value is -1.53. The van der Waals surface area contributed by atoms with Crippen LogP contribution in [-0.4, -0.2) is 24.4 Å². The van der Waals surface area contributed by atoms with Crippen LogP contribution < -0.4 is 10.5 Å². The Bertz CT molecular complexity index is 554. The Labute approximate surface area is 113 Å². The molecule has 2 aromatic rings. The molecule has 0 amide bonds. The number of benzene rings is 1. The first kappa shape index (κ1) is 12.9. The average Bonchev–Trinajstić information content (AvgIpc) is 2.78. The second kappa shape index (κ2) is 5.41. The number of rotatable bonds is 4. The summed E-state index contributed by atoms with van der Waals surface area (Å²) in [4.78, 5) is 0. The summed E-state index contributed by atoms with van der Waals surface area (Å²) in [7, 11) is 3.28. The highest BCUT2D eigenvalue weighted by molar-refractivity contribution is 9.10. The van der Waals surface area contributed by atoms with Gasteiger partial charge in [0.1, 0.15) is 11.6 Å². The third-order valence-corrected chi connectivity index (χ3v) is 3.19. The number of halogens is 1. The van der Waals surface area contributed by atoms with Gasteiger partial charge in [-0.1, -0.05) is 0 Å². The van der Waals surface area contributed by atoms with Gasteiger partial charge in [-0.25, -0.2) is 0 Å². The fraction of sp³-hybridized carbons (Fsp3) is 0.250. The molecule has 1 aromatic carbocycles. The molecule has 0 aliphatic heterocycles. The number of hydrogen-bond acceptors (Lipinski definition) is 4. The average molecular weight is 312 g/mol. The van der Waals surface area contributed by atoms with Gasteiger partial charge in [0.2, 0.25) is 0 Å². The van der Waals surface area contributed by atoms with Crippen LogP contribution in [0.1, 0.15) is 5.56 Å². The zero-order valence-corrected chi connectivity index (χ0v) is 11.7. The van der Waals surface area contributed by atoms with Gasteiger partial charge in [0.25, 0.3) is 0 Å². The Balaban J connectivity index is 2.54. The maximum Gasteiger partial charge on any atom is 0.145 e. The molecule has 2 rings (SSSR count). The van der Waals surface area contributed by atoms with Crippen molar-refractivity contribution in [1.29, 1.82) is 0 Å². The molecular weight excluding hydrogens is 298 g/mol. The molecule has 1 aromatic heterocycles. The van der Waals surface area contributed by atoms with Crippen LogP contribution in [0.15, 0.2) is 22.7 Å². The van der Waals surface area contributed by atoms with E-state index < -0.39 is 0 Å². The van der Waals surface area contributed by atoms with Crippen LogP contribution in [0.5, 0.6) is 5.75 Å². The number of nitrogen functional groups attached to an aromatic ring is 1. The first-order chi connectivity index (χ1) is 8.65. The highest BCUT2D eigenvalue weighted by Gasteiger charge is 2.12. The number of nitrogens with zero attached hydrogens (tertiary/aromatic N) is 1. The molecule has 18 heavy (non-hydrogen) atoms. The van der Waals surface area contributed by atoms with Crippen LogP contribution in [0, 0.1) is 0 Å². The zero-order chi connectivity index (χ0) is 13.1. The molecule has 0 aliphatic rings. The molecule has 1 heterocycles. The predicted octanol–water partition coefficient (Wildman–Crippen LogP) is 2.58. The quantitative estimate of drug-likeness (QED) is 0.910. The molecule has 0 radical (unpaired) electrons. The van der Waals surface area contributed by atoms with Crippen molar-refractivity contribution in [3.63, 3.8) is 0 Å². The maximum atomic E-state index is 5.62. The number of aromatic nitrogens is 2. The van der Waals surface area contributed by atoms with Crippen LogP contribution in [0.3, 0.4) is 0 Å². The molecule has 0 saturated heterocycles.